The minimum Gasteiger partial charge on any atom is -0.471 e. The number of fused-ring (bicyclic) bond motifs is 1. The van der Waals surface area contributed by atoms with Crippen molar-refractivity contribution in [2.75, 3.05) is 0 Å². The predicted molar refractivity (Wildman–Crippen MR) is 78.8 cm³/mol. The van der Waals surface area contributed by atoms with Crippen LogP contribution in [0.4, 0.5) is 0 Å². The summed E-state index contributed by atoms with van der Waals surface area (Å²) in [6.07, 6.45) is 0. The first-order valence-electron chi connectivity index (χ1n) is 6.64. The first kappa shape index (κ1) is 12.7. The van der Waals surface area contributed by atoms with Gasteiger partial charge in [-0.3, -0.25) is 0 Å². The summed E-state index contributed by atoms with van der Waals surface area (Å²) < 4.78 is 7.71. The Morgan fingerprint density at radius 1 is 1.05 bits per heavy atom. The van der Waals surface area contributed by atoms with Gasteiger partial charge in [0.25, 0.3) is 0 Å². The number of aryl methyl sites for hydroxylation is 3. The minimum atomic E-state index is 0.366. The number of rotatable bonds is 3. The van der Waals surface area contributed by atoms with E-state index in [1.54, 1.807) is 4.68 Å². The van der Waals surface area contributed by atoms with Gasteiger partial charge < -0.3 is 4.74 Å². The van der Waals surface area contributed by atoms with Crippen molar-refractivity contribution in [2.45, 2.75) is 27.5 Å². The molecule has 0 bridgehead atoms. The van der Waals surface area contributed by atoms with Crippen LogP contribution in [0.1, 0.15) is 16.7 Å². The molecule has 0 aliphatic carbocycles. The van der Waals surface area contributed by atoms with E-state index in [9.17, 15) is 0 Å². The number of benzene rings is 2. The van der Waals surface area contributed by atoms with E-state index in [2.05, 4.69) is 43.2 Å². The maximum absolute atomic E-state index is 5.94. The first-order chi connectivity index (χ1) is 9.65. The van der Waals surface area contributed by atoms with Gasteiger partial charge in [0.1, 0.15) is 11.3 Å². The Morgan fingerprint density at radius 2 is 1.75 bits per heavy atom. The van der Waals surface area contributed by atoms with Crippen molar-refractivity contribution >= 4 is 11.0 Å². The van der Waals surface area contributed by atoms with E-state index in [1.807, 2.05) is 24.3 Å². The van der Waals surface area contributed by atoms with Crippen LogP contribution in [0.15, 0.2) is 36.4 Å². The molecule has 0 aliphatic rings. The Balaban J connectivity index is 1.87. The highest BCUT2D eigenvalue weighted by Crippen LogP contribution is 2.25. The molecule has 4 heteroatoms. The molecule has 0 aliphatic heterocycles. The Morgan fingerprint density at radius 3 is 2.50 bits per heavy atom. The van der Waals surface area contributed by atoms with E-state index < -0.39 is 0 Å². The zero-order valence-electron chi connectivity index (χ0n) is 11.9. The van der Waals surface area contributed by atoms with Gasteiger partial charge in [-0.05, 0) is 44.0 Å². The summed E-state index contributed by atoms with van der Waals surface area (Å²) in [5, 5.41) is 8.25. The Labute approximate surface area is 118 Å². The molecule has 0 unspecified atom stereocenters. The maximum Gasteiger partial charge on any atom is 0.183 e. The minimum absolute atomic E-state index is 0.366. The molecule has 102 valence electrons. The van der Waals surface area contributed by atoms with Gasteiger partial charge in [-0.25, -0.2) is 4.68 Å². The fourth-order valence-corrected chi connectivity index (χ4v) is 2.53. The zero-order chi connectivity index (χ0) is 14.1. The second-order valence-electron chi connectivity index (χ2n) is 5.08. The molecule has 1 aromatic heterocycles. The lowest BCUT2D eigenvalue weighted by molar-refractivity contribution is 0.220. The van der Waals surface area contributed by atoms with Crippen LogP contribution in [0, 0.1) is 20.8 Å². The summed E-state index contributed by atoms with van der Waals surface area (Å²) in [6.45, 7) is 6.59. The Kier molecular flexibility index (Phi) is 3.14. The molecule has 20 heavy (non-hydrogen) atoms. The van der Waals surface area contributed by atoms with Gasteiger partial charge in [0.05, 0.1) is 5.52 Å². The Hall–Kier alpha value is -2.36. The molecule has 0 radical (unpaired) electrons. The van der Waals surface area contributed by atoms with Crippen molar-refractivity contribution in [3.05, 3.63) is 53.1 Å². The van der Waals surface area contributed by atoms with E-state index in [0.717, 1.165) is 27.9 Å². The third-order valence-corrected chi connectivity index (χ3v) is 3.36. The number of para-hydroxylation sites is 1. The third kappa shape index (κ3) is 2.25. The smallest absolute Gasteiger partial charge is 0.183 e. The SMILES string of the molecule is Cc1cc(C)c(OCn2nnc3ccccc32)c(C)c1. The molecule has 3 aromatic rings. The van der Waals surface area contributed by atoms with Crippen LogP contribution in [0.5, 0.6) is 5.75 Å². The molecule has 4 nitrogen and oxygen atoms in total. The van der Waals surface area contributed by atoms with E-state index in [4.69, 9.17) is 4.74 Å². The first-order valence-corrected chi connectivity index (χ1v) is 6.64. The highest BCUT2D eigenvalue weighted by atomic mass is 16.5. The van der Waals surface area contributed by atoms with Crippen molar-refractivity contribution in [3.63, 3.8) is 0 Å². The number of nitrogens with zero attached hydrogens (tertiary/aromatic N) is 3. The molecule has 0 saturated heterocycles. The average Bonchev–Trinajstić information content (AvgIpc) is 2.81. The monoisotopic (exact) mass is 267 g/mol. The molecule has 0 N–H and O–H groups in total. The van der Waals surface area contributed by atoms with Gasteiger partial charge in [-0.15, -0.1) is 5.10 Å². The van der Waals surface area contributed by atoms with Crippen molar-refractivity contribution in [1.82, 2.24) is 15.0 Å². The van der Waals surface area contributed by atoms with Crippen molar-refractivity contribution in [3.8, 4) is 5.75 Å². The maximum atomic E-state index is 5.94. The van der Waals surface area contributed by atoms with Crippen molar-refractivity contribution < 1.29 is 4.74 Å². The number of ether oxygens (including phenoxy) is 1. The predicted octanol–water partition coefficient (Wildman–Crippen LogP) is 3.39. The Bertz CT molecular complexity index is 738. The van der Waals surface area contributed by atoms with E-state index in [-0.39, 0.29) is 0 Å². The molecular formula is C16H17N3O. The molecule has 3 rings (SSSR count). The fraction of sp³-hybridized carbons (Fsp3) is 0.250. The lowest BCUT2D eigenvalue weighted by Gasteiger charge is -2.13. The highest BCUT2D eigenvalue weighted by Gasteiger charge is 2.07. The average molecular weight is 267 g/mol. The largest absolute Gasteiger partial charge is 0.471 e. The van der Waals surface area contributed by atoms with Gasteiger partial charge in [0.15, 0.2) is 6.73 Å². The van der Waals surface area contributed by atoms with Crippen LogP contribution < -0.4 is 4.74 Å². The zero-order valence-corrected chi connectivity index (χ0v) is 11.9. The normalized spacial score (nSPS) is 10.9. The molecule has 0 saturated carbocycles. The highest BCUT2D eigenvalue weighted by molar-refractivity contribution is 5.73. The number of aromatic nitrogens is 3. The molecule has 1 heterocycles. The third-order valence-electron chi connectivity index (χ3n) is 3.36. The van der Waals surface area contributed by atoms with Crippen LogP contribution in [0.2, 0.25) is 0 Å². The van der Waals surface area contributed by atoms with Crippen molar-refractivity contribution in [1.29, 1.82) is 0 Å². The summed E-state index contributed by atoms with van der Waals surface area (Å²) >= 11 is 0. The topological polar surface area (TPSA) is 39.9 Å². The van der Waals surface area contributed by atoms with Gasteiger partial charge in [0.2, 0.25) is 0 Å². The molecule has 2 aromatic carbocycles. The number of hydrogen-bond acceptors (Lipinski definition) is 3. The van der Waals surface area contributed by atoms with Crippen LogP contribution in [-0.2, 0) is 6.73 Å². The molecular weight excluding hydrogens is 250 g/mol. The lowest BCUT2D eigenvalue weighted by atomic mass is 10.1. The quantitative estimate of drug-likeness (QED) is 0.730. The second kappa shape index (κ2) is 4.96. The van der Waals surface area contributed by atoms with Gasteiger partial charge in [-0.2, -0.15) is 0 Å². The van der Waals surface area contributed by atoms with E-state index >= 15 is 0 Å². The molecule has 0 fully saturated rings. The standard InChI is InChI=1S/C16H17N3O/c1-11-8-12(2)16(13(3)9-11)20-10-19-15-7-5-4-6-14(15)17-18-19/h4-9H,10H2,1-3H3. The molecule has 0 spiro atoms. The van der Waals surface area contributed by atoms with Crippen LogP contribution in [-0.4, -0.2) is 15.0 Å². The molecule has 0 atom stereocenters. The van der Waals surface area contributed by atoms with Gasteiger partial charge in [0, 0.05) is 0 Å². The van der Waals surface area contributed by atoms with Gasteiger partial charge in [-0.1, -0.05) is 35.0 Å². The van der Waals surface area contributed by atoms with Gasteiger partial charge >= 0.3 is 0 Å². The lowest BCUT2D eigenvalue weighted by Crippen LogP contribution is -2.08. The van der Waals surface area contributed by atoms with E-state index in [1.165, 1.54) is 5.56 Å². The van der Waals surface area contributed by atoms with E-state index in [0.29, 0.717) is 6.73 Å². The molecule has 0 amide bonds. The summed E-state index contributed by atoms with van der Waals surface area (Å²) in [5.41, 5.74) is 5.40. The van der Waals surface area contributed by atoms with Crippen molar-refractivity contribution in [2.24, 2.45) is 0 Å². The van der Waals surface area contributed by atoms with Crippen LogP contribution >= 0.6 is 0 Å². The summed E-state index contributed by atoms with van der Waals surface area (Å²) in [6, 6.07) is 12.1. The summed E-state index contributed by atoms with van der Waals surface area (Å²) in [4.78, 5) is 0. The fourth-order valence-electron chi connectivity index (χ4n) is 2.53. The summed E-state index contributed by atoms with van der Waals surface area (Å²) in [7, 11) is 0. The van der Waals surface area contributed by atoms with Crippen LogP contribution in [0.3, 0.4) is 0 Å². The second-order valence-corrected chi connectivity index (χ2v) is 5.08. The van der Waals surface area contributed by atoms with Crippen LogP contribution in [0.25, 0.3) is 11.0 Å². The summed E-state index contributed by atoms with van der Waals surface area (Å²) in [5.74, 6) is 0.926. The number of hydrogen-bond donors (Lipinski definition) is 0.